The molecule has 0 aliphatic heterocycles. The zero-order valence-corrected chi connectivity index (χ0v) is 10.7. The first kappa shape index (κ1) is 13.4. The number of aromatic hydroxyl groups is 2. The van der Waals surface area contributed by atoms with Crippen LogP contribution in [0.5, 0.6) is 11.5 Å². The molecule has 0 spiro atoms. The van der Waals surface area contributed by atoms with Gasteiger partial charge in [-0.1, -0.05) is 24.3 Å². The molecule has 2 aromatic carbocycles. The van der Waals surface area contributed by atoms with E-state index in [0.717, 1.165) is 24.2 Å². The molecule has 0 radical (unpaired) electrons. The average Bonchev–Trinajstić information content (AvgIpc) is 2.43. The van der Waals surface area contributed by atoms with Crippen LogP contribution < -0.4 is 5.73 Å². The summed E-state index contributed by atoms with van der Waals surface area (Å²) in [6.45, 7) is 1.89. The van der Waals surface area contributed by atoms with Crippen molar-refractivity contribution in [2.75, 3.05) is 6.67 Å². The molecule has 0 aliphatic carbocycles. The van der Waals surface area contributed by atoms with E-state index in [4.69, 9.17) is 5.73 Å². The van der Waals surface area contributed by atoms with Gasteiger partial charge in [0.15, 0.2) is 0 Å². The molecule has 0 unspecified atom stereocenters. The third-order valence-electron chi connectivity index (χ3n) is 2.94. The summed E-state index contributed by atoms with van der Waals surface area (Å²) < 4.78 is 0. The highest BCUT2D eigenvalue weighted by Gasteiger charge is 2.05. The van der Waals surface area contributed by atoms with Crippen molar-refractivity contribution >= 4 is 0 Å². The quantitative estimate of drug-likeness (QED) is 0.718. The molecular weight excluding hydrogens is 240 g/mol. The fourth-order valence-corrected chi connectivity index (χ4v) is 1.90. The number of nitrogens with zero attached hydrogens (tertiary/aromatic N) is 1. The van der Waals surface area contributed by atoms with E-state index in [-0.39, 0.29) is 11.5 Å². The molecule has 0 saturated heterocycles. The normalized spacial score (nSPS) is 10.8. The van der Waals surface area contributed by atoms with E-state index in [1.807, 2.05) is 24.3 Å². The fraction of sp³-hybridized carbons (Fsp3) is 0.200. The van der Waals surface area contributed by atoms with Crippen molar-refractivity contribution in [3.8, 4) is 11.5 Å². The van der Waals surface area contributed by atoms with Gasteiger partial charge in [-0.05, 0) is 35.4 Å². The Morgan fingerprint density at radius 2 is 1.11 bits per heavy atom. The van der Waals surface area contributed by atoms with Gasteiger partial charge in [-0.15, -0.1) is 0 Å². The van der Waals surface area contributed by atoms with Crippen molar-refractivity contribution in [2.45, 2.75) is 13.1 Å². The Bertz CT molecular complexity index is 461. The molecule has 0 amide bonds. The van der Waals surface area contributed by atoms with Gasteiger partial charge in [0.25, 0.3) is 0 Å². The van der Waals surface area contributed by atoms with Gasteiger partial charge >= 0.3 is 0 Å². The molecule has 4 heteroatoms. The van der Waals surface area contributed by atoms with Gasteiger partial charge in [0, 0.05) is 19.8 Å². The molecule has 0 saturated carbocycles. The van der Waals surface area contributed by atoms with Crippen molar-refractivity contribution in [3.63, 3.8) is 0 Å². The predicted octanol–water partition coefficient (Wildman–Crippen LogP) is 2.02. The molecule has 2 aromatic rings. The molecule has 19 heavy (non-hydrogen) atoms. The monoisotopic (exact) mass is 258 g/mol. The Labute approximate surface area is 112 Å². The van der Waals surface area contributed by atoms with E-state index in [2.05, 4.69) is 4.90 Å². The maximum absolute atomic E-state index is 9.25. The third-order valence-corrected chi connectivity index (χ3v) is 2.94. The first-order chi connectivity index (χ1) is 9.17. The van der Waals surface area contributed by atoms with Crippen molar-refractivity contribution in [1.82, 2.24) is 4.90 Å². The van der Waals surface area contributed by atoms with E-state index >= 15 is 0 Å². The lowest BCUT2D eigenvalue weighted by molar-refractivity contribution is 0.264. The van der Waals surface area contributed by atoms with E-state index < -0.39 is 0 Å². The number of hydrogen-bond acceptors (Lipinski definition) is 4. The standard InChI is InChI=1S/C15H18N2O2/c16-11-17(9-12-1-5-14(18)6-2-12)10-13-3-7-15(19)8-4-13/h1-8,18-19H,9-11,16H2. The lowest BCUT2D eigenvalue weighted by Crippen LogP contribution is -2.29. The third kappa shape index (κ3) is 3.98. The number of nitrogens with two attached hydrogens (primary N) is 1. The lowest BCUT2D eigenvalue weighted by atomic mass is 10.1. The van der Waals surface area contributed by atoms with E-state index in [9.17, 15) is 10.2 Å². The summed E-state index contributed by atoms with van der Waals surface area (Å²) in [6.07, 6.45) is 0. The first-order valence-electron chi connectivity index (χ1n) is 6.15. The second-order valence-corrected chi connectivity index (χ2v) is 4.50. The second kappa shape index (κ2) is 6.22. The molecule has 0 fully saturated rings. The minimum absolute atomic E-state index is 0.265. The molecule has 0 aliphatic rings. The van der Waals surface area contributed by atoms with Crippen LogP contribution >= 0.6 is 0 Å². The van der Waals surface area contributed by atoms with Crippen molar-refractivity contribution in [3.05, 3.63) is 59.7 Å². The van der Waals surface area contributed by atoms with Crippen LogP contribution in [0.2, 0.25) is 0 Å². The van der Waals surface area contributed by atoms with Crippen molar-refractivity contribution < 1.29 is 10.2 Å². The number of hydrogen-bond donors (Lipinski definition) is 3. The fourth-order valence-electron chi connectivity index (χ4n) is 1.90. The Balaban J connectivity index is 2.00. The molecule has 0 bridgehead atoms. The number of benzene rings is 2. The Hall–Kier alpha value is -2.04. The van der Waals surface area contributed by atoms with Gasteiger partial charge in [-0.2, -0.15) is 0 Å². The maximum Gasteiger partial charge on any atom is 0.115 e. The Morgan fingerprint density at radius 3 is 1.42 bits per heavy atom. The van der Waals surface area contributed by atoms with Crippen molar-refractivity contribution in [2.24, 2.45) is 5.73 Å². The molecule has 0 heterocycles. The molecular formula is C15H18N2O2. The lowest BCUT2D eigenvalue weighted by Gasteiger charge is -2.20. The highest BCUT2D eigenvalue weighted by atomic mass is 16.3. The molecule has 0 aromatic heterocycles. The smallest absolute Gasteiger partial charge is 0.115 e. The van der Waals surface area contributed by atoms with Crippen LogP contribution in [-0.2, 0) is 13.1 Å². The first-order valence-corrected chi connectivity index (χ1v) is 6.15. The van der Waals surface area contributed by atoms with Gasteiger partial charge < -0.3 is 15.9 Å². The van der Waals surface area contributed by atoms with Gasteiger partial charge in [0.1, 0.15) is 11.5 Å². The van der Waals surface area contributed by atoms with Crippen LogP contribution in [0.4, 0.5) is 0 Å². The molecule has 2 rings (SSSR count). The average molecular weight is 258 g/mol. The number of rotatable bonds is 5. The highest BCUT2D eigenvalue weighted by Crippen LogP contribution is 2.15. The zero-order chi connectivity index (χ0) is 13.7. The minimum Gasteiger partial charge on any atom is -0.508 e. The minimum atomic E-state index is 0.265. The van der Waals surface area contributed by atoms with Gasteiger partial charge in [0.2, 0.25) is 0 Å². The molecule has 100 valence electrons. The van der Waals surface area contributed by atoms with Crippen LogP contribution in [0.15, 0.2) is 48.5 Å². The maximum atomic E-state index is 9.25. The Kier molecular flexibility index (Phi) is 4.39. The summed E-state index contributed by atoms with van der Waals surface area (Å²) in [4.78, 5) is 2.08. The summed E-state index contributed by atoms with van der Waals surface area (Å²) in [6, 6.07) is 14.2. The molecule has 0 atom stereocenters. The van der Waals surface area contributed by atoms with E-state index in [0.29, 0.717) is 6.67 Å². The predicted molar refractivity (Wildman–Crippen MR) is 74.5 cm³/mol. The van der Waals surface area contributed by atoms with Gasteiger partial charge in [-0.25, -0.2) is 0 Å². The van der Waals surface area contributed by atoms with Crippen LogP contribution in [0.1, 0.15) is 11.1 Å². The van der Waals surface area contributed by atoms with E-state index in [1.165, 1.54) is 0 Å². The SMILES string of the molecule is NCN(Cc1ccc(O)cc1)Cc1ccc(O)cc1. The number of phenols is 2. The zero-order valence-electron chi connectivity index (χ0n) is 10.7. The largest absolute Gasteiger partial charge is 0.508 e. The molecule has 4 N–H and O–H groups in total. The highest BCUT2D eigenvalue weighted by molar-refractivity contribution is 5.27. The summed E-state index contributed by atoms with van der Waals surface area (Å²) >= 11 is 0. The topological polar surface area (TPSA) is 69.7 Å². The van der Waals surface area contributed by atoms with Gasteiger partial charge in [0.05, 0.1) is 0 Å². The summed E-state index contributed by atoms with van der Waals surface area (Å²) in [5.74, 6) is 0.531. The molecule has 4 nitrogen and oxygen atoms in total. The summed E-state index contributed by atoms with van der Waals surface area (Å²) in [5, 5.41) is 18.5. The summed E-state index contributed by atoms with van der Waals surface area (Å²) in [7, 11) is 0. The summed E-state index contributed by atoms with van der Waals surface area (Å²) in [5.41, 5.74) is 7.95. The number of phenolic OH excluding ortho intramolecular Hbond substituents is 2. The van der Waals surface area contributed by atoms with Crippen LogP contribution in [0.25, 0.3) is 0 Å². The van der Waals surface area contributed by atoms with Crippen molar-refractivity contribution in [1.29, 1.82) is 0 Å². The van der Waals surface area contributed by atoms with Gasteiger partial charge in [-0.3, -0.25) is 4.90 Å². The van der Waals surface area contributed by atoms with Crippen LogP contribution in [0.3, 0.4) is 0 Å². The van der Waals surface area contributed by atoms with Crippen LogP contribution in [-0.4, -0.2) is 21.8 Å². The second-order valence-electron chi connectivity index (χ2n) is 4.50. The van der Waals surface area contributed by atoms with Crippen LogP contribution in [0, 0.1) is 0 Å². The van der Waals surface area contributed by atoms with E-state index in [1.54, 1.807) is 24.3 Å². The Morgan fingerprint density at radius 1 is 0.737 bits per heavy atom.